The number of allylic oxidation sites excluding steroid dienone is 1. The van der Waals surface area contributed by atoms with Crippen molar-refractivity contribution in [2.24, 2.45) is 0 Å². The zero-order chi connectivity index (χ0) is 15.5. The maximum Gasteiger partial charge on any atom is 0.336 e. The first-order valence-corrected chi connectivity index (χ1v) is 10.2. The van der Waals surface area contributed by atoms with Crippen molar-refractivity contribution in [1.82, 2.24) is 0 Å². The number of esters is 1. The Morgan fingerprint density at radius 1 is 1.10 bits per heavy atom. The molecular formula is C17H30O2Si. The van der Waals surface area contributed by atoms with Crippen molar-refractivity contribution >= 4 is 14.0 Å². The van der Waals surface area contributed by atoms with Gasteiger partial charge in [-0.2, -0.15) is 0 Å². The van der Waals surface area contributed by atoms with Gasteiger partial charge in [-0.1, -0.05) is 60.6 Å². The third kappa shape index (κ3) is 3.25. The average molecular weight is 295 g/mol. The van der Waals surface area contributed by atoms with Crippen molar-refractivity contribution in [1.29, 1.82) is 0 Å². The Morgan fingerprint density at radius 2 is 1.60 bits per heavy atom. The molecule has 1 rings (SSSR count). The maximum atomic E-state index is 11.6. The van der Waals surface area contributed by atoms with E-state index in [2.05, 4.69) is 54.2 Å². The first-order chi connectivity index (χ1) is 9.25. The molecule has 0 radical (unpaired) electrons. The summed E-state index contributed by atoms with van der Waals surface area (Å²) in [7, 11) is -1.67. The fourth-order valence-electron chi connectivity index (χ4n) is 3.73. The van der Waals surface area contributed by atoms with Gasteiger partial charge in [-0.25, -0.2) is 4.79 Å². The number of hydrogen-bond donors (Lipinski definition) is 0. The molecule has 1 aliphatic rings. The van der Waals surface area contributed by atoms with E-state index in [1.54, 1.807) is 6.08 Å². The Kier molecular flexibility index (Phi) is 5.81. The lowest BCUT2D eigenvalue weighted by atomic mass is 10.1. The smallest absolute Gasteiger partial charge is 0.336 e. The minimum Gasteiger partial charge on any atom is -0.424 e. The number of rotatable bonds is 6. The van der Waals surface area contributed by atoms with Gasteiger partial charge in [-0.3, -0.25) is 0 Å². The monoisotopic (exact) mass is 294 g/mol. The average Bonchev–Trinajstić information content (AvgIpc) is 2.65. The van der Waals surface area contributed by atoms with Crippen LogP contribution in [-0.4, -0.2) is 14.0 Å². The number of ether oxygens (including phenoxy) is 1. The number of hydrogen-bond acceptors (Lipinski definition) is 2. The molecule has 2 nitrogen and oxygen atoms in total. The maximum absolute atomic E-state index is 11.6. The van der Waals surface area contributed by atoms with Gasteiger partial charge in [0.25, 0.3) is 0 Å². The van der Waals surface area contributed by atoms with Gasteiger partial charge in [0.1, 0.15) is 5.76 Å². The van der Waals surface area contributed by atoms with E-state index in [0.717, 1.165) is 24.2 Å². The number of carbonyl (C=O) groups is 1. The summed E-state index contributed by atoms with van der Waals surface area (Å²) in [6.45, 7) is 16.1. The van der Waals surface area contributed by atoms with E-state index >= 15 is 0 Å². The summed E-state index contributed by atoms with van der Waals surface area (Å²) in [4.78, 5) is 11.6. The van der Waals surface area contributed by atoms with Crippen LogP contribution in [0, 0.1) is 0 Å². The van der Waals surface area contributed by atoms with Crippen LogP contribution in [0.4, 0.5) is 0 Å². The zero-order valence-corrected chi connectivity index (χ0v) is 15.1. The van der Waals surface area contributed by atoms with Gasteiger partial charge >= 0.3 is 5.97 Å². The fourth-order valence-corrected chi connectivity index (χ4v) is 9.43. The van der Waals surface area contributed by atoms with Crippen molar-refractivity contribution < 1.29 is 9.53 Å². The Balaban J connectivity index is 3.27. The van der Waals surface area contributed by atoms with E-state index < -0.39 is 8.07 Å². The minimum absolute atomic E-state index is 0.195. The second-order valence-corrected chi connectivity index (χ2v) is 12.6. The quantitative estimate of drug-likeness (QED) is 0.486. The van der Waals surface area contributed by atoms with Gasteiger partial charge in [-0.15, -0.1) is 0 Å². The highest BCUT2D eigenvalue weighted by Gasteiger charge is 2.42. The summed E-state index contributed by atoms with van der Waals surface area (Å²) in [5.74, 6) is 0.665. The largest absolute Gasteiger partial charge is 0.424 e. The summed E-state index contributed by atoms with van der Waals surface area (Å²) in [5, 5.41) is 0. The van der Waals surface area contributed by atoms with E-state index in [-0.39, 0.29) is 5.97 Å². The molecular weight excluding hydrogens is 264 g/mol. The lowest BCUT2D eigenvalue weighted by Crippen LogP contribution is -2.43. The molecule has 20 heavy (non-hydrogen) atoms. The molecule has 0 spiro atoms. The van der Waals surface area contributed by atoms with E-state index in [1.165, 1.54) is 0 Å². The topological polar surface area (TPSA) is 26.3 Å². The molecule has 0 bridgehead atoms. The molecule has 0 N–H and O–H groups in total. The molecule has 1 heterocycles. The zero-order valence-electron chi connectivity index (χ0n) is 14.1. The van der Waals surface area contributed by atoms with Crippen LogP contribution in [0.3, 0.4) is 0 Å². The normalized spacial score (nSPS) is 18.4. The van der Waals surface area contributed by atoms with Crippen molar-refractivity contribution in [2.45, 2.75) is 77.9 Å². The highest BCUT2D eigenvalue weighted by atomic mass is 28.3. The third-order valence-electron chi connectivity index (χ3n) is 4.72. The molecule has 0 atom stereocenters. The lowest BCUT2D eigenvalue weighted by Gasteiger charge is -2.40. The van der Waals surface area contributed by atoms with Crippen LogP contribution in [0.25, 0.3) is 0 Å². The van der Waals surface area contributed by atoms with E-state index in [9.17, 15) is 4.79 Å². The summed E-state index contributed by atoms with van der Waals surface area (Å²) >= 11 is 0. The van der Waals surface area contributed by atoms with Crippen LogP contribution >= 0.6 is 0 Å². The fraction of sp³-hybridized carbons (Fsp3) is 0.706. The van der Waals surface area contributed by atoms with Crippen molar-refractivity contribution in [3.05, 3.63) is 23.1 Å². The lowest BCUT2D eigenvalue weighted by molar-refractivity contribution is -0.132. The first kappa shape index (κ1) is 17.2. The molecule has 0 fully saturated rings. The van der Waals surface area contributed by atoms with Crippen molar-refractivity contribution in [3.63, 3.8) is 0 Å². The van der Waals surface area contributed by atoms with E-state index in [1.807, 2.05) is 0 Å². The predicted octanol–water partition coefficient (Wildman–Crippen LogP) is 5.37. The second-order valence-electron chi connectivity index (χ2n) is 6.81. The summed E-state index contributed by atoms with van der Waals surface area (Å²) in [6.07, 6.45) is 3.64. The molecule has 114 valence electrons. The SMILES string of the molecule is CCCC1=CC(=O)O/C1=C\[Si](C(C)C)(C(C)C)C(C)C. The molecule has 0 aromatic rings. The van der Waals surface area contributed by atoms with Gasteiger partial charge < -0.3 is 4.74 Å². The highest BCUT2D eigenvalue weighted by molar-refractivity contribution is 6.88. The second kappa shape index (κ2) is 6.75. The van der Waals surface area contributed by atoms with Gasteiger partial charge in [0.05, 0.1) is 8.07 Å². The Bertz CT molecular complexity index is 395. The van der Waals surface area contributed by atoms with Crippen LogP contribution in [0.15, 0.2) is 23.1 Å². The molecule has 0 aromatic heterocycles. The molecule has 0 aliphatic carbocycles. The van der Waals surface area contributed by atoms with Crippen LogP contribution in [0.1, 0.15) is 61.3 Å². The highest BCUT2D eigenvalue weighted by Crippen LogP contribution is 2.44. The number of cyclic esters (lactones) is 1. The molecule has 0 amide bonds. The molecule has 0 saturated heterocycles. The molecule has 3 heteroatoms. The van der Waals surface area contributed by atoms with Crippen LogP contribution in [0.2, 0.25) is 16.6 Å². The minimum atomic E-state index is -1.67. The van der Waals surface area contributed by atoms with Crippen LogP contribution in [0.5, 0.6) is 0 Å². The van der Waals surface area contributed by atoms with E-state index in [0.29, 0.717) is 16.6 Å². The molecule has 1 aliphatic heterocycles. The third-order valence-corrected chi connectivity index (χ3v) is 11.5. The van der Waals surface area contributed by atoms with Crippen LogP contribution < -0.4 is 0 Å². The summed E-state index contributed by atoms with van der Waals surface area (Å²) in [6, 6.07) is 0. The standard InChI is InChI=1S/C17H30O2Si/c1-8-9-15-10-17(18)19-16(15)11-20(12(2)3,13(4)5)14(6)7/h10-14H,8-9H2,1-7H3/b16-11-. The predicted molar refractivity (Wildman–Crippen MR) is 88.2 cm³/mol. The molecule has 0 aromatic carbocycles. The Labute approximate surface area is 125 Å². The van der Waals surface area contributed by atoms with Gasteiger partial charge in [0.15, 0.2) is 0 Å². The van der Waals surface area contributed by atoms with Gasteiger partial charge in [0, 0.05) is 11.6 Å². The van der Waals surface area contributed by atoms with Crippen molar-refractivity contribution in [2.75, 3.05) is 0 Å². The Morgan fingerprint density at radius 3 is 2.00 bits per heavy atom. The van der Waals surface area contributed by atoms with Crippen molar-refractivity contribution in [3.8, 4) is 0 Å². The van der Waals surface area contributed by atoms with Crippen LogP contribution in [-0.2, 0) is 9.53 Å². The van der Waals surface area contributed by atoms with E-state index in [4.69, 9.17) is 4.74 Å². The number of carbonyl (C=O) groups excluding carboxylic acids is 1. The Hall–Kier alpha value is -0.833. The molecule has 0 saturated carbocycles. The van der Waals surface area contributed by atoms with Gasteiger partial charge in [-0.05, 0) is 23.0 Å². The van der Waals surface area contributed by atoms with Gasteiger partial charge in [0.2, 0.25) is 0 Å². The summed E-state index contributed by atoms with van der Waals surface area (Å²) < 4.78 is 5.50. The molecule has 0 unspecified atom stereocenters. The summed E-state index contributed by atoms with van der Waals surface area (Å²) in [5.41, 5.74) is 5.38. The first-order valence-electron chi connectivity index (χ1n) is 7.91.